The average molecular weight is 439 g/mol. The van der Waals surface area contributed by atoms with Crippen molar-refractivity contribution in [1.82, 2.24) is 9.80 Å². The van der Waals surface area contributed by atoms with E-state index in [-0.39, 0.29) is 23.4 Å². The number of hydrogen-bond donors (Lipinski definition) is 2. The van der Waals surface area contributed by atoms with Gasteiger partial charge in [0.15, 0.2) is 0 Å². The zero-order valence-electron chi connectivity index (χ0n) is 18.3. The van der Waals surface area contributed by atoms with Crippen LogP contribution < -0.4 is 10.2 Å². The highest BCUT2D eigenvalue weighted by Gasteiger charge is 2.51. The van der Waals surface area contributed by atoms with Gasteiger partial charge in [0.05, 0.1) is 23.6 Å². The fourth-order valence-electron chi connectivity index (χ4n) is 4.56. The first-order valence-electron chi connectivity index (χ1n) is 11.0. The largest absolute Gasteiger partial charge is 0.380 e. The summed E-state index contributed by atoms with van der Waals surface area (Å²) in [5.74, 6) is -1.20. The predicted molar refractivity (Wildman–Crippen MR) is 120 cm³/mol. The maximum absolute atomic E-state index is 15.0. The fraction of sp³-hybridized carbons (Fsp3) is 0.417. The van der Waals surface area contributed by atoms with Crippen molar-refractivity contribution in [2.75, 3.05) is 43.6 Å². The highest BCUT2D eigenvalue weighted by molar-refractivity contribution is 5.95. The van der Waals surface area contributed by atoms with E-state index in [9.17, 15) is 19.1 Å². The first-order valence-corrected chi connectivity index (χ1v) is 11.0. The van der Waals surface area contributed by atoms with Crippen molar-refractivity contribution < 1.29 is 19.1 Å². The maximum Gasteiger partial charge on any atom is 0.256 e. The Kier molecular flexibility index (Phi) is 4.85. The first kappa shape index (κ1) is 20.8. The number of fused-ring (bicyclic) bond motifs is 1. The van der Waals surface area contributed by atoms with Crippen LogP contribution in [0.25, 0.3) is 11.1 Å². The number of piperazine rings is 1. The Morgan fingerprint density at radius 1 is 1.12 bits per heavy atom. The van der Waals surface area contributed by atoms with E-state index in [1.165, 1.54) is 12.1 Å². The summed E-state index contributed by atoms with van der Waals surface area (Å²) in [4.78, 5) is 30.8. The molecule has 1 atom stereocenters. The van der Waals surface area contributed by atoms with Crippen LogP contribution in [-0.4, -0.2) is 71.7 Å². The molecule has 2 fully saturated rings. The molecule has 32 heavy (non-hydrogen) atoms. The normalized spacial score (nSPS) is 21.2. The molecule has 0 spiro atoms. The molecule has 0 radical (unpaired) electrons. The van der Waals surface area contributed by atoms with Gasteiger partial charge in [-0.1, -0.05) is 12.1 Å². The van der Waals surface area contributed by atoms with Crippen LogP contribution in [0, 0.1) is 5.82 Å². The van der Waals surface area contributed by atoms with E-state index in [1.54, 1.807) is 15.9 Å². The smallest absolute Gasteiger partial charge is 0.256 e. The Balaban J connectivity index is 1.30. The van der Waals surface area contributed by atoms with Gasteiger partial charge >= 0.3 is 0 Å². The van der Waals surface area contributed by atoms with Gasteiger partial charge in [-0.15, -0.1) is 0 Å². The monoisotopic (exact) mass is 438 g/mol. The molecule has 0 aromatic heterocycles. The number of benzene rings is 2. The summed E-state index contributed by atoms with van der Waals surface area (Å²) < 4.78 is 15.0. The van der Waals surface area contributed by atoms with Crippen LogP contribution in [0.4, 0.5) is 15.8 Å². The van der Waals surface area contributed by atoms with E-state index in [0.717, 1.165) is 23.6 Å². The Morgan fingerprint density at radius 2 is 1.84 bits per heavy atom. The number of aliphatic hydroxyl groups is 1. The molecule has 168 valence electrons. The Bertz CT molecular complexity index is 1100. The maximum atomic E-state index is 15.0. The fourth-order valence-corrected chi connectivity index (χ4v) is 4.56. The van der Waals surface area contributed by atoms with Gasteiger partial charge in [0.1, 0.15) is 11.4 Å². The zero-order chi connectivity index (χ0) is 22.6. The molecule has 1 saturated carbocycles. The molecule has 2 aromatic rings. The van der Waals surface area contributed by atoms with Gasteiger partial charge in [0.25, 0.3) is 11.8 Å². The van der Waals surface area contributed by atoms with Crippen molar-refractivity contribution >= 4 is 23.2 Å². The third-order valence-electron chi connectivity index (χ3n) is 6.74. The second kappa shape index (κ2) is 7.48. The number of rotatable bonds is 3. The number of carbonyl (C=O) groups excluding carboxylic acids is 2. The Labute approximate surface area is 186 Å². The lowest BCUT2D eigenvalue weighted by atomic mass is 10.0. The number of halogens is 1. The molecular formula is C24H27FN4O3. The van der Waals surface area contributed by atoms with Crippen molar-refractivity contribution in [3.05, 3.63) is 47.8 Å². The first-order chi connectivity index (χ1) is 15.3. The minimum Gasteiger partial charge on any atom is -0.380 e. The van der Waals surface area contributed by atoms with Crippen molar-refractivity contribution in [2.45, 2.75) is 31.4 Å². The van der Waals surface area contributed by atoms with Crippen LogP contribution in [0.3, 0.4) is 0 Å². The third-order valence-corrected chi connectivity index (χ3v) is 6.74. The lowest BCUT2D eigenvalue weighted by Crippen LogP contribution is -2.58. The standard InChI is InChI=1S/C24H27FN4O3/c1-15-13-28(9-10-29(15)23(31)24(32)7-8-24)22(30)18-5-3-16(11-19(18)25)17-4-6-21-20(12-17)26-14-27(21)2/h3-6,11-12,15,26,32H,7-10,13-14H2,1-2H3. The number of hydrogen-bond acceptors (Lipinski definition) is 5. The summed E-state index contributed by atoms with van der Waals surface area (Å²) in [5.41, 5.74) is 2.50. The minimum atomic E-state index is -1.22. The second-order valence-corrected chi connectivity index (χ2v) is 9.09. The lowest BCUT2D eigenvalue weighted by molar-refractivity contribution is -0.146. The Morgan fingerprint density at radius 3 is 2.53 bits per heavy atom. The molecule has 2 amide bonds. The molecule has 2 aliphatic heterocycles. The number of nitrogens with zero attached hydrogens (tertiary/aromatic N) is 3. The molecule has 7 nitrogen and oxygen atoms in total. The summed E-state index contributed by atoms with van der Waals surface area (Å²) in [6.07, 6.45) is 0.985. The SMILES string of the molecule is CC1CN(C(=O)c2ccc(-c3ccc4c(c3)NCN4C)cc2F)CCN1C(=O)C1(O)CC1. The zero-order valence-corrected chi connectivity index (χ0v) is 18.3. The number of nitrogens with one attached hydrogen (secondary N) is 1. The van der Waals surface area contributed by atoms with Gasteiger partial charge in [-0.25, -0.2) is 4.39 Å². The van der Waals surface area contributed by atoms with Gasteiger partial charge in [-0.05, 0) is 55.2 Å². The third kappa shape index (κ3) is 3.48. The van der Waals surface area contributed by atoms with Gasteiger partial charge in [0.2, 0.25) is 0 Å². The molecule has 1 saturated heterocycles. The molecule has 2 N–H and O–H groups in total. The van der Waals surface area contributed by atoms with E-state index in [4.69, 9.17) is 0 Å². The Hall–Kier alpha value is -3.13. The number of amides is 2. The van der Waals surface area contributed by atoms with E-state index >= 15 is 0 Å². The molecule has 5 rings (SSSR count). The molecule has 8 heteroatoms. The molecule has 2 heterocycles. The predicted octanol–water partition coefficient (Wildman–Crippen LogP) is 2.51. The summed E-state index contributed by atoms with van der Waals surface area (Å²) in [6.45, 7) is 3.55. The van der Waals surface area contributed by atoms with Gasteiger partial charge < -0.3 is 25.1 Å². The average Bonchev–Trinajstić information content (AvgIpc) is 3.44. The topological polar surface area (TPSA) is 76.1 Å². The highest BCUT2D eigenvalue weighted by atomic mass is 19.1. The van der Waals surface area contributed by atoms with E-state index in [2.05, 4.69) is 10.2 Å². The van der Waals surface area contributed by atoms with Crippen LogP contribution in [0.2, 0.25) is 0 Å². The van der Waals surface area contributed by atoms with Crippen molar-refractivity contribution in [3.8, 4) is 11.1 Å². The molecule has 0 bridgehead atoms. The highest BCUT2D eigenvalue weighted by Crippen LogP contribution is 2.38. The van der Waals surface area contributed by atoms with Crippen LogP contribution in [-0.2, 0) is 4.79 Å². The van der Waals surface area contributed by atoms with Crippen LogP contribution in [0.5, 0.6) is 0 Å². The van der Waals surface area contributed by atoms with E-state index in [1.807, 2.05) is 32.2 Å². The molecule has 1 aliphatic carbocycles. The van der Waals surface area contributed by atoms with Crippen LogP contribution in [0.15, 0.2) is 36.4 Å². The lowest BCUT2D eigenvalue weighted by Gasteiger charge is -2.40. The summed E-state index contributed by atoms with van der Waals surface area (Å²) in [7, 11) is 2.00. The number of anilines is 2. The summed E-state index contributed by atoms with van der Waals surface area (Å²) in [6, 6.07) is 10.4. The minimum absolute atomic E-state index is 0.0283. The quantitative estimate of drug-likeness (QED) is 0.770. The second-order valence-electron chi connectivity index (χ2n) is 9.09. The van der Waals surface area contributed by atoms with Crippen LogP contribution >= 0.6 is 0 Å². The van der Waals surface area contributed by atoms with Crippen molar-refractivity contribution in [1.29, 1.82) is 0 Å². The molecule has 1 unspecified atom stereocenters. The van der Waals surface area contributed by atoms with Gasteiger partial charge in [-0.3, -0.25) is 9.59 Å². The summed E-state index contributed by atoms with van der Waals surface area (Å²) in [5, 5.41) is 13.4. The van der Waals surface area contributed by atoms with E-state index < -0.39 is 11.4 Å². The van der Waals surface area contributed by atoms with Crippen molar-refractivity contribution in [3.63, 3.8) is 0 Å². The van der Waals surface area contributed by atoms with Crippen LogP contribution in [0.1, 0.15) is 30.1 Å². The summed E-state index contributed by atoms with van der Waals surface area (Å²) >= 11 is 0. The molecule has 3 aliphatic rings. The molecule has 2 aromatic carbocycles. The van der Waals surface area contributed by atoms with E-state index in [0.29, 0.717) is 38.0 Å². The van der Waals surface area contributed by atoms with Crippen molar-refractivity contribution in [2.24, 2.45) is 0 Å². The molecular weight excluding hydrogens is 411 g/mol. The van der Waals surface area contributed by atoms with Gasteiger partial charge in [0, 0.05) is 32.7 Å². The van der Waals surface area contributed by atoms with Gasteiger partial charge in [-0.2, -0.15) is 0 Å². The number of carbonyl (C=O) groups is 2.